The van der Waals surface area contributed by atoms with Gasteiger partial charge in [-0.05, 0) is 19.1 Å². The van der Waals surface area contributed by atoms with E-state index in [1.165, 1.54) is 12.7 Å². The summed E-state index contributed by atoms with van der Waals surface area (Å²) < 4.78 is 5.01. The van der Waals surface area contributed by atoms with Crippen molar-refractivity contribution in [3.8, 4) is 6.01 Å². The van der Waals surface area contributed by atoms with Crippen LogP contribution in [0.2, 0.25) is 0 Å². The van der Waals surface area contributed by atoms with Gasteiger partial charge in [-0.3, -0.25) is 0 Å². The predicted octanol–water partition coefficient (Wildman–Crippen LogP) is 1.97. The van der Waals surface area contributed by atoms with E-state index in [-0.39, 0.29) is 6.01 Å². The van der Waals surface area contributed by atoms with E-state index in [9.17, 15) is 0 Å². The Morgan fingerprint density at radius 2 is 1.67 bits per heavy atom. The van der Waals surface area contributed by atoms with Crippen LogP contribution in [0.15, 0.2) is 24.3 Å². The molecule has 0 aliphatic carbocycles. The summed E-state index contributed by atoms with van der Waals surface area (Å²) >= 11 is 0. The first-order valence-electron chi connectivity index (χ1n) is 5.53. The smallest absolute Gasteiger partial charge is 0.322 e. The summed E-state index contributed by atoms with van der Waals surface area (Å²) in [5, 5.41) is 5.95. The molecular formula is C12H15N5O. The number of benzene rings is 1. The Balaban J connectivity index is 2.25. The standard InChI is InChI=1S/C12H15N5O/c1-8-4-6-9(7-5-8)14-11-15-10(13-2)16-12(17-11)18-3/h4-7H,1-3H3,(H2,13,14,15,16,17). The van der Waals surface area contributed by atoms with Crippen LogP contribution in [0, 0.1) is 6.92 Å². The van der Waals surface area contributed by atoms with Gasteiger partial charge in [-0.15, -0.1) is 0 Å². The molecule has 0 bridgehead atoms. The minimum Gasteiger partial charge on any atom is -0.467 e. The van der Waals surface area contributed by atoms with Crippen molar-refractivity contribution in [2.75, 3.05) is 24.8 Å². The molecule has 6 nitrogen and oxygen atoms in total. The van der Waals surface area contributed by atoms with Gasteiger partial charge < -0.3 is 15.4 Å². The van der Waals surface area contributed by atoms with Gasteiger partial charge in [-0.25, -0.2) is 0 Å². The Morgan fingerprint density at radius 3 is 2.28 bits per heavy atom. The highest BCUT2D eigenvalue weighted by molar-refractivity contribution is 5.54. The fourth-order valence-electron chi connectivity index (χ4n) is 1.38. The number of ether oxygens (including phenoxy) is 1. The minimum absolute atomic E-state index is 0.268. The highest BCUT2D eigenvalue weighted by Crippen LogP contribution is 2.16. The fraction of sp³-hybridized carbons (Fsp3) is 0.250. The molecule has 0 saturated carbocycles. The predicted molar refractivity (Wildman–Crippen MR) is 70.4 cm³/mol. The van der Waals surface area contributed by atoms with Crippen LogP contribution < -0.4 is 15.4 Å². The maximum atomic E-state index is 5.01. The SMILES string of the molecule is CNc1nc(Nc2ccc(C)cc2)nc(OC)n1. The normalized spacial score (nSPS) is 9.94. The van der Waals surface area contributed by atoms with E-state index < -0.39 is 0 Å². The van der Waals surface area contributed by atoms with Crippen molar-refractivity contribution in [2.24, 2.45) is 0 Å². The average molecular weight is 245 g/mol. The summed E-state index contributed by atoms with van der Waals surface area (Å²) in [5.74, 6) is 0.895. The van der Waals surface area contributed by atoms with Crippen LogP contribution in [0.4, 0.5) is 17.6 Å². The van der Waals surface area contributed by atoms with Gasteiger partial charge in [0, 0.05) is 12.7 Å². The van der Waals surface area contributed by atoms with Crippen molar-refractivity contribution in [1.29, 1.82) is 0 Å². The molecule has 0 aliphatic rings. The number of nitrogens with zero attached hydrogens (tertiary/aromatic N) is 3. The van der Waals surface area contributed by atoms with E-state index in [1.54, 1.807) is 7.05 Å². The Bertz CT molecular complexity index is 504. The maximum absolute atomic E-state index is 5.01. The zero-order valence-corrected chi connectivity index (χ0v) is 10.6. The second kappa shape index (κ2) is 5.31. The molecule has 18 heavy (non-hydrogen) atoms. The molecule has 2 aromatic rings. The van der Waals surface area contributed by atoms with Gasteiger partial charge in [0.25, 0.3) is 0 Å². The molecule has 0 unspecified atom stereocenters. The number of aryl methyl sites for hydroxylation is 1. The summed E-state index contributed by atoms with van der Waals surface area (Å²) in [4.78, 5) is 12.3. The molecule has 0 fully saturated rings. The lowest BCUT2D eigenvalue weighted by atomic mass is 10.2. The lowest BCUT2D eigenvalue weighted by Gasteiger charge is -2.07. The molecule has 0 saturated heterocycles. The topological polar surface area (TPSA) is 72.0 Å². The highest BCUT2D eigenvalue weighted by Gasteiger charge is 2.05. The van der Waals surface area contributed by atoms with Crippen molar-refractivity contribution in [1.82, 2.24) is 15.0 Å². The Labute approximate surface area is 105 Å². The zero-order valence-electron chi connectivity index (χ0n) is 10.6. The second-order valence-corrected chi connectivity index (χ2v) is 3.71. The van der Waals surface area contributed by atoms with Crippen LogP contribution in [0.1, 0.15) is 5.56 Å². The van der Waals surface area contributed by atoms with Crippen LogP contribution in [-0.4, -0.2) is 29.1 Å². The monoisotopic (exact) mass is 245 g/mol. The van der Waals surface area contributed by atoms with Crippen molar-refractivity contribution in [3.63, 3.8) is 0 Å². The van der Waals surface area contributed by atoms with E-state index in [4.69, 9.17) is 4.74 Å². The fourth-order valence-corrected chi connectivity index (χ4v) is 1.38. The van der Waals surface area contributed by atoms with Crippen LogP contribution in [0.3, 0.4) is 0 Å². The molecule has 2 rings (SSSR count). The molecule has 0 spiro atoms. The number of anilines is 3. The Morgan fingerprint density at radius 1 is 1.00 bits per heavy atom. The number of hydrogen-bond donors (Lipinski definition) is 2. The van der Waals surface area contributed by atoms with Crippen LogP contribution in [0.25, 0.3) is 0 Å². The lowest BCUT2D eigenvalue weighted by molar-refractivity contribution is 0.379. The maximum Gasteiger partial charge on any atom is 0.322 e. The number of aromatic nitrogens is 3. The molecule has 0 radical (unpaired) electrons. The zero-order chi connectivity index (χ0) is 13.0. The first-order chi connectivity index (χ1) is 8.71. The van der Waals surface area contributed by atoms with E-state index in [0.717, 1.165) is 5.69 Å². The van der Waals surface area contributed by atoms with Gasteiger partial charge in [-0.1, -0.05) is 17.7 Å². The molecule has 0 aliphatic heterocycles. The third-order valence-electron chi connectivity index (χ3n) is 2.33. The van der Waals surface area contributed by atoms with Gasteiger partial charge >= 0.3 is 6.01 Å². The van der Waals surface area contributed by atoms with Crippen LogP contribution in [-0.2, 0) is 0 Å². The van der Waals surface area contributed by atoms with Crippen molar-refractivity contribution < 1.29 is 4.74 Å². The quantitative estimate of drug-likeness (QED) is 0.858. The third kappa shape index (κ3) is 2.85. The summed E-state index contributed by atoms with van der Waals surface area (Å²) in [6, 6.07) is 8.22. The number of hydrogen-bond acceptors (Lipinski definition) is 6. The molecule has 1 heterocycles. The molecule has 6 heteroatoms. The molecular weight excluding hydrogens is 230 g/mol. The molecule has 0 atom stereocenters. The third-order valence-corrected chi connectivity index (χ3v) is 2.33. The van der Waals surface area contributed by atoms with Crippen molar-refractivity contribution >= 4 is 17.6 Å². The van der Waals surface area contributed by atoms with E-state index >= 15 is 0 Å². The van der Waals surface area contributed by atoms with Gasteiger partial charge in [0.2, 0.25) is 11.9 Å². The van der Waals surface area contributed by atoms with Gasteiger partial charge in [0.05, 0.1) is 7.11 Å². The molecule has 0 amide bonds. The molecule has 2 N–H and O–H groups in total. The molecule has 94 valence electrons. The summed E-state index contributed by atoms with van der Waals surface area (Å²) in [6.07, 6.45) is 0. The summed E-state index contributed by atoms with van der Waals surface area (Å²) in [5.41, 5.74) is 2.11. The highest BCUT2D eigenvalue weighted by atomic mass is 16.5. The minimum atomic E-state index is 0.268. The lowest BCUT2D eigenvalue weighted by Crippen LogP contribution is -2.05. The van der Waals surface area contributed by atoms with Crippen LogP contribution in [0.5, 0.6) is 6.01 Å². The Hall–Kier alpha value is -2.37. The largest absolute Gasteiger partial charge is 0.467 e. The van der Waals surface area contributed by atoms with Gasteiger partial charge in [0.1, 0.15) is 0 Å². The number of nitrogens with one attached hydrogen (secondary N) is 2. The molecule has 1 aromatic carbocycles. The van der Waals surface area contributed by atoms with Crippen molar-refractivity contribution in [2.45, 2.75) is 6.92 Å². The van der Waals surface area contributed by atoms with Crippen LogP contribution >= 0.6 is 0 Å². The van der Waals surface area contributed by atoms with E-state index in [0.29, 0.717) is 11.9 Å². The number of rotatable bonds is 4. The van der Waals surface area contributed by atoms with E-state index in [2.05, 4.69) is 25.6 Å². The number of methoxy groups -OCH3 is 1. The van der Waals surface area contributed by atoms with Crippen molar-refractivity contribution in [3.05, 3.63) is 29.8 Å². The average Bonchev–Trinajstić information content (AvgIpc) is 2.41. The Kier molecular flexibility index (Phi) is 3.57. The summed E-state index contributed by atoms with van der Waals surface area (Å²) in [7, 11) is 3.26. The van der Waals surface area contributed by atoms with Gasteiger partial charge in [0.15, 0.2) is 0 Å². The van der Waals surface area contributed by atoms with Gasteiger partial charge in [-0.2, -0.15) is 15.0 Å². The first kappa shape index (κ1) is 12.1. The summed E-state index contributed by atoms with van der Waals surface area (Å²) in [6.45, 7) is 2.04. The molecule has 1 aromatic heterocycles. The first-order valence-corrected chi connectivity index (χ1v) is 5.53. The van der Waals surface area contributed by atoms with E-state index in [1.807, 2.05) is 31.2 Å². The second-order valence-electron chi connectivity index (χ2n) is 3.71.